The Kier molecular flexibility index (Phi) is 4.26. The van der Waals surface area contributed by atoms with Gasteiger partial charge in [-0.25, -0.2) is 4.39 Å². The summed E-state index contributed by atoms with van der Waals surface area (Å²) in [5, 5.41) is 0.618. The highest BCUT2D eigenvalue weighted by molar-refractivity contribution is 9.11. The van der Waals surface area contributed by atoms with Crippen molar-refractivity contribution in [1.82, 2.24) is 0 Å². The molecule has 0 saturated carbocycles. The highest BCUT2D eigenvalue weighted by Crippen LogP contribution is 2.38. The van der Waals surface area contributed by atoms with Gasteiger partial charge in [-0.2, -0.15) is 0 Å². The molecule has 1 unspecified atom stereocenters. The first-order valence-corrected chi connectivity index (χ1v) is 7.43. The molecule has 0 aliphatic carbocycles. The monoisotopic (exact) mass is 397 g/mol. The summed E-state index contributed by atoms with van der Waals surface area (Å²) in [4.78, 5) is 0.883. The summed E-state index contributed by atoms with van der Waals surface area (Å²) < 4.78 is 14.6. The zero-order chi connectivity index (χ0) is 12.6. The van der Waals surface area contributed by atoms with Crippen molar-refractivity contribution < 1.29 is 4.39 Å². The van der Waals surface area contributed by atoms with Crippen molar-refractivity contribution in [3.63, 3.8) is 0 Å². The molecular weight excluding hydrogens is 392 g/mol. The van der Waals surface area contributed by atoms with Crippen molar-refractivity contribution in [3.8, 4) is 0 Å². The SMILES string of the molecule is NC(c1cc(Cl)c(Br)s1)c1cccc(F)c1Br. The number of hydrogen-bond donors (Lipinski definition) is 1. The molecule has 1 aromatic carbocycles. The van der Waals surface area contributed by atoms with E-state index in [9.17, 15) is 4.39 Å². The standard InChI is InChI=1S/C11H7Br2ClFNS/c12-9-5(2-1-3-7(9)15)10(16)8-4-6(14)11(13)17-8/h1-4,10H,16H2. The molecule has 2 N–H and O–H groups in total. The third kappa shape index (κ3) is 2.74. The predicted octanol–water partition coefficient (Wildman–Crippen LogP) is 5.11. The van der Waals surface area contributed by atoms with Gasteiger partial charge in [0.2, 0.25) is 0 Å². The Hall–Kier alpha value is 0.0600. The fourth-order valence-electron chi connectivity index (χ4n) is 1.43. The maximum absolute atomic E-state index is 13.4. The second-order valence-electron chi connectivity index (χ2n) is 3.39. The van der Waals surface area contributed by atoms with Gasteiger partial charge in [0, 0.05) is 4.88 Å². The van der Waals surface area contributed by atoms with Gasteiger partial charge in [-0.15, -0.1) is 11.3 Å². The van der Waals surface area contributed by atoms with E-state index in [0.29, 0.717) is 15.1 Å². The molecule has 1 nitrogen and oxygen atoms in total. The van der Waals surface area contributed by atoms with Gasteiger partial charge < -0.3 is 5.73 Å². The molecule has 2 aromatic rings. The van der Waals surface area contributed by atoms with E-state index < -0.39 is 6.04 Å². The Morgan fingerprint density at radius 2 is 2.06 bits per heavy atom. The van der Waals surface area contributed by atoms with Crippen LogP contribution >= 0.6 is 54.8 Å². The van der Waals surface area contributed by atoms with E-state index in [2.05, 4.69) is 31.9 Å². The Balaban J connectivity index is 2.43. The predicted molar refractivity (Wildman–Crippen MR) is 77.2 cm³/mol. The first-order chi connectivity index (χ1) is 8.00. The lowest BCUT2D eigenvalue weighted by atomic mass is 10.1. The van der Waals surface area contributed by atoms with Crippen LogP contribution < -0.4 is 5.73 Å². The van der Waals surface area contributed by atoms with Crippen LogP contribution in [0.2, 0.25) is 5.02 Å². The van der Waals surface area contributed by atoms with Gasteiger partial charge in [0.25, 0.3) is 0 Å². The van der Waals surface area contributed by atoms with Crippen LogP contribution in [0.4, 0.5) is 4.39 Å². The minimum absolute atomic E-state index is 0.320. The van der Waals surface area contributed by atoms with Gasteiger partial charge in [0.15, 0.2) is 0 Å². The van der Waals surface area contributed by atoms with Gasteiger partial charge in [-0.1, -0.05) is 23.7 Å². The summed E-state index contributed by atoms with van der Waals surface area (Å²) in [6.07, 6.45) is 0. The van der Waals surface area contributed by atoms with Gasteiger partial charge in [-0.3, -0.25) is 0 Å². The summed E-state index contributed by atoms with van der Waals surface area (Å²) in [6, 6.07) is 6.21. The summed E-state index contributed by atoms with van der Waals surface area (Å²) in [5.41, 5.74) is 6.81. The van der Waals surface area contributed by atoms with Gasteiger partial charge in [0.1, 0.15) is 5.82 Å². The third-order valence-corrected chi connectivity index (χ3v) is 5.68. The summed E-state index contributed by atoms with van der Waals surface area (Å²) in [5.74, 6) is -0.320. The smallest absolute Gasteiger partial charge is 0.137 e. The zero-order valence-electron chi connectivity index (χ0n) is 8.38. The molecule has 90 valence electrons. The second kappa shape index (κ2) is 5.36. The minimum Gasteiger partial charge on any atom is -0.320 e. The van der Waals surface area contributed by atoms with Crippen LogP contribution in [0.5, 0.6) is 0 Å². The molecule has 0 bridgehead atoms. The first-order valence-electron chi connectivity index (χ1n) is 4.65. The number of benzene rings is 1. The van der Waals surface area contributed by atoms with Crippen LogP contribution in [0.3, 0.4) is 0 Å². The summed E-state index contributed by atoms with van der Waals surface area (Å²) in [7, 11) is 0. The maximum atomic E-state index is 13.4. The minimum atomic E-state index is -0.395. The number of halogens is 4. The van der Waals surface area contributed by atoms with Crippen molar-refractivity contribution >= 4 is 54.8 Å². The molecular formula is C11H7Br2ClFNS. The zero-order valence-corrected chi connectivity index (χ0v) is 13.1. The molecule has 0 aliphatic heterocycles. The van der Waals surface area contributed by atoms with Crippen molar-refractivity contribution in [2.75, 3.05) is 0 Å². The fourth-order valence-corrected chi connectivity index (χ4v) is 3.71. The quantitative estimate of drug-likeness (QED) is 0.746. The fraction of sp³-hybridized carbons (Fsp3) is 0.0909. The summed E-state index contributed by atoms with van der Waals surface area (Å²) >= 11 is 13.9. The largest absolute Gasteiger partial charge is 0.320 e. The molecule has 0 saturated heterocycles. The van der Waals surface area contributed by atoms with Crippen LogP contribution in [-0.2, 0) is 0 Å². The maximum Gasteiger partial charge on any atom is 0.137 e. The lowest BCUT2D eigenvalue weighted by Gasteiger charge is -2.12. The molecule has 2 rings (SSSR count). The lowest BCUT2D eigenvalue weighted by molar-refractivity contribution is 0.616. The molecule has 0 aliphatic rings. The van der Waals surface area contributed by atoms with Crippen LogP contribution in [0.1, 0.15) is 16.5 Å². The van der Waals surface area contributed by atoms with Crippen molar-refractivity contribution in [1.29, 1.82) is 0 Å². The van der Waals surface area contributed by atoms with E-state index in [1.807, 2.05) is 0 Å². The van der Waals surface area contributed by atoms with E-state index in [4.69, 9.17) is 17.3 Å². The first kappa shape index (κ1) is 13.5. The topological polar surface area (TPSA) is 26.0 Å². The Morgan fingerprint density at radius 1 is 1.35 bits per heavy atom. The highest BCUT2D eigenvalue weighted by atomic mass is 79.9. The van der Waals surface area contributed by atoms with Crippen molar-refractivity contribution in [2.24, 2.45) is 5.73 Å². The number of rotatable bonds is 2. The van der Waals surface area contributed by atoms with Crippen LogP contribution in [0.25, 0.3) is 0 Å². The van der Waals surface area contributed by atoms with Crippen molar-refractivity contribution in [3.05, 3.63) is 53.8 Å². The van der Waals surface area contributed by atoms with Crippen molar-refractivity contribution in [2.45, 2.75) is 6.04 Å². The van der Waals surface area contributed by atoms with E-state index in [1.54, 1.807) is 18.2 Å². The summed E-state index contributed by atoms with van der Waals surface area (Å²) in [6.45, 7) is 0. The average Bonchev–Trinajstić information content (AvgIpc) is 2.62. The Morgan fingerprint density at radius 3 is 2.65 bits per heavy atom. The average molecular weight is 400 g/mol. The van der Waals surface area contributed by atoms with Gasteiger partial charge in [-0.05, 0) is 49.6 Å². The molecule has 1 heterocycles. The van der Waals surface area contributed by atoms with E-state index >= 15 is 0 Å². The molecule has 6 heteroatoms. The van der Waals surface area contributed by atoms with Crippen LogP contribution in [-0.4, -0.2) is 0 Å². The van der Waals surface area contributed by atoms with Gasteiger partial charge >= 0.3 is 0 Å². The van der Waals surface area contributed by atoms with Crippen LogP contribution in [0.15, 0.2) is 32.5 Å². The molecule has 0 radical (unpaired) electrons. The lowest BCUT2D eigenvalue weighted by Crippen LogP contribution is -2.11. The molecule has 0 spiro atoms. The number of hydrogen-bond acceptors (Lipinski definition) is 2. The number of nitrogens with two attached hydrogens (primary N) is 1. The number of thiophene rings is 1. The molecule has 1 aromatic heterocycles. The second-order valence-corrected chi connectivity index (χ2v) is 6.99. The van der Waals surface area contributed by atoms with E-state index in [0.717, 1.165) is 8.66 Å². The van der Waals surface area contributed by atoms with E-state index in [1.165, 1.54) is 17.4 Å². The molecule has 1 atom stereocenters. The third-order valence-electron chi connectivity index (χ3n) is 2.29. The van der Waals surface area contributed by atoms with Gasteiger partial charge in [0.05, 0.1) is 19.3 Å². The normalized spacial score (nSPS) is 12.8. The molecule has 0 fully saturated rings. The Bertz CT molecular complexity index is 539. The highest BCUT2D eigenvalue weighted by Gasteiger charge is 2.17. The van der Waals surface area contributed by atoms with E-state index in [-0.39, 0.29) is 5.82 Å². The van der Waals surface area contributed by atoms with Crippen LogP contribution in [0, 0.1) is 5.82 Å². The molecule has 17 heavy (non-hydrogen) atoms. The molecule has 0 amide bonds. The Labute approximate surface area is 124 Å².